The lowest BCUT2D eigenvalue weighted by Crippen LogP contribution is -2.18. The van der Waals surface area contributed by atoms with Crippen LogP contribution in [0, 0.1) is 11.2 Å². The maximum absolute atomic E-state index is 13.4. The van der Waals surface area contributed by atoms with Crippen LogP contribution in [0.25, 0.3) is 16.6 Å². The van der Waals surface area contributed by atoms with E-state index in [2.05, 4.69) is 18.4 Å². The number of rotatable bonds is 5. The van der Waals surface area contributed by atoms with Gasteiger partial charge in [0.05, 0.1) is 10.9 Å². The summed E-state index contributed by atoms with van der Waals surface area (Å²) in [6.07, 6.45) is 1.77. The van der Waals surface area contributed by atoms with Gasteiger partial charge in [-0.05, 0) is 73.2 Å². The maximum Gasteiger partial charge on any atom is 0.309 e. The number of carboxylic acids is 1. The predicted octanol–water partition coefficient (Wildman–Crippen LogP) is 5.01. The Kier molecular flexibility index (Phi) is 3.98. The Morgan fingerprint density at radius 2 is 1.85 bits per heavy atom. The lowest BCUT2D eigenvalue weighted by molar-refractivity contribution is -0.143. The van der Waals surface area contributed by atoms with Gasteiger partial charge in [0, 0.05) is 16.8 Å². The van der Waals surface area contributed by atoms with Gasteiger partial charge in [-0.3, -0.25) is 4.79 Å². The van der Waals surface area contributed by atoms with Crippen molar-refractivity contribution in [3.8, 4) is 11.4 Å². The average Bonchev–Trinajstić information content (AvgIpc) is 3.34. The zero-order valence-corrected chi connectivity index (χ0v) is 15.4. The van der Waals surface area contributed by atoms with Crippen molar-refractivity contribution in [2.75, 3.05) is 0 Å². The first-order chi connectivity index (χ1) is 12.8. The highest BCUT2D eigenvalue weighted by atomic mass is 19.1. The predicted molar refractivity (Wildman–Crippen MR) is 102 cm³/mol. The second-order valence-electron chi connectivity index (χ2n) is 7.79. The normalized spacial score (nSPS) is 15.4. The standard InChI is InChI=1S/C22H22FNO3/c1-13(2)20-18(12-22(9-10-22)21(26)27)17-11-16(25)7-8-19(17)24(20)15-5-3-14(23)4-6-15/h3-8,11,13,25H,9-10,12H2,1-2H3,(H,26,27). The summed E-state index contributed by atoms with van der Waals surface area (Å²) < 4.78 is 15.5. The van der Waals surface area contributed by atoms with E-state index in [9.17, 15) is 19.4 Å². The molecule has 1 aromatic heterocycles. The van der Waals surface area contributed by atoms with Crippen LogP contribution in [0.2, 0.25) is 0 Å². The molecule has 1 aliphatic rings. The second-order valence-corrected chi connectivity index (χ2v) is 7.79. The third-order valence-electron chi connectivity index (χ3n) is 5.55. The smallest absolute Gasteiger partial charge is 0.309 e. The SMILES string of the molecule is CC(C)c1c(CC2(C(=O)O)CC2)c2cc(O)ccc2n1-c1ccc(F)cc1. The first kappa shape index (κ1) is 17.6. The van der Waals surface area contributed by atoms with Gasteiger partial charge in [-0.25, -0.2) is 4.39 Å². The Hall–Kier alpha value is -2.82. The summed E-state index contributed by atoms with van der Waals surface area (Å²) in [6, 6.07) is 11.5. The number of aromatic hydroxyl groups is 1. The number of aromatic nitrogens is 1. The van der Waals surface area contributed by atoms with Gasteiger partial charge in [-0.15, -0.1) is 0 Å². The summed E-state index contributed by atoms with van der Waals surface area (Å²) in [5.41, 5.74) is 2.97. The molecule has 0 saturated heterocycles. The van der Waals surface area contributed by atoms with Crippen molar-refractivity contribution in [1.82, 2.24) is 4.57 Å². The van der Waals surface area contributed by atoms with Crippen LogP contribution in [0.5, 0.6) is 5.75 Å². The molecule has 5 heteroatoms. The first-order valence-electron chi connectivity index (χ1n) is 9.18. The molecule has 0 spiro atoms. The van der Waals surface area contributed by atoms with E-state index < -0.39 is 11.4 Å². The van der Waals surface area contributed by atoms with Gasteiger partial charge in [0.25, 0.3) is 0 Å². The lowest BCUT2D eigenvalue weighted by atomic mass is 9.91. The molecule has 2 aromatic carbocycles. The van der Waals surface area contributed by atoms with Gasteiger partial charge >= 0.3 is 5.97 Å². The summed E-state index contributed by atoms with van der Waals surface area (Å²) in [4.78, 5) is 11.8. The van der Waals surface area contributed by atoms with E-state index in [0.29, 0.717) is 19.3 Å². The minimum Gasteiger partial charge on any atom is -0.508 e. The molecule has 2 N–H and O–H groups in total. The molecule has 0 amide bonds. The number of hydrogen-bond donors (Lipinski definition) is 2. The zero-order valence-electron chi connectivity index (χ0n) is 15.4. The van der Waals surface area contributed by atoms with E-state index in [-0.39, 0.29) is 17.5 Å². The van der Waals surface area contributed by atoms with Crippen LogP contribution in [0.3, 0.4) is 0 Å². The van der Waals surface area contributed by atoms with Crippen molar-refractivity contribution < 1.29 is 19.4 Å². The summed E-state index contributed by atoms with van der Waals surface area (Å²) in [6.45, 7) is 4.13. The van der Waals surface area contributed by atoms with Crippen molar-refractivity contribution in [3.63, 3.8) is 0 Å². The van der Waals surface area contributed by atoms with Gasteiger partial charge in [-0.1, -0.05) is 13.8 Å². The third-order valence-corrected chi connectivity index (χ3v) is 5.55. The van der Waals surface area contributed by atoms with E-state index >= 15 is 0 Å². The summed E-state index contributed by atoms with van der Waals surface area (Å²) in [7, 11) is 0. The third kappa shape index (κ3) is 2.87. The number of benzene rings is 2. The molecule has 4 nitrogen and oxygen atoms in total. The van der Waals surface area contributed by atoms with E-state index in [1.165, 1.54) is 12.1 Å². The van der Waals surface area contributed by atoms with Crippen molar-refractivity contribution in [1.29, 1.82) is 0 Å². The minimum absolute atomic E-state index is 0.129. The molecule has 140 valence electrons. The number of aliphatic carboxylic acids is 1. The van der Waals surface area contributed by atoms with Gasteiger partial charge in [0.2, 0.25) is 0 Å². The Labute approximate surface area is 156 Å². The lowest BCUT2D eigenvalue weighted by Gasteiger charge is -2.17. The summed E-state index contributed by atoms with van der Waals surface area (Å²) in [5, 5.41) is 20.6. The summed E-state index contributed by atoms with van der Waals surface area (Å²) in [5.74, 6) is -0.790. The van der Waals surface area contributed by atoms with Gasteiger partial charge in [0.15, 0.2) is 0 Å². The van der Waals surface area contributed by atoms with Gasteiger partial charge in [0.1, 0.15) is 11.6 Å². The highest BCUT2D eigenvalue weighted by Gasteiger charge is 2.51. The van der Waals surface area contributed by atoms with Crippen LogP contribution < -0.4 is 0 Å². The molecule has 1 saturated carbocycles. The van der Waals surface area contributed by atoms with Gasteiger partial charge in [-0.2, -0.15) is 0 Å². The number of phenols is 1. The minimum atomic E-state index is -0.764. The molecular formula is C22H22FNO3. The molecule has 1 aliphatic carbocycles. The van der Waals surface area contributed by atoms with Crippen LogP contribution in [0.15, 0.2) is 42.5 Å². The fraction of sp³-hybridized carbons (Fsp3) is 0.318. The highest BCUT2D eigenvalue weighted by molar-refractivity contribution is 5.90. The number of nitrogens with zero attached hydrogens (tertiary/aromatic N) is 1. The fourth-order valence-electron chi connectivity index (χ4n) is 3.98. The van der Waals surface area contributed by atoms with Crippen LogP contribution in [-0.2, 0) is 11.2 Å². The molecule has 1 fully saturated rings. The highest BCUT2D eigenvalue weighted by Crippen LogP contribution is 2.51. The van der Waals surface area contributed by atoms with Crippen LogP contribution >= 0.6 is 0 Å². The number of hydrogen-bond acceptors (Lipinski definition) is 2. The molecule has 0 atom stereocenters. The second kappa shape index (κ2) is 6.12. The number of carboxylic acid groups (broad SMARTS) is 1. The van der Waals surface area contributed by atoms with Crippen LogP contribution in [0.4, 0.5) is 4.39 Å². The van der Waals surface area contributed by atoms with Gasteiger partial charge < -0.3 is 14.8 Å². The summed E-state index contributed by atoms with van der Waals surface area (Å²) >= 11 is 0. The molecule has 0 aliphatic heterocycles. The van der Waals surface area contributed by atoms with E-state index in [1.807, 2.05) is 6.07 Å². The quantitative estimate of drug-likeness (QED) is 0.667. The Bertz CT molecular complexity index is 1030. The molecule has 3 aromatic rings. The topological polar surface area (TPSA) is 62.5 Å². The maximum atomic E-state index is 13.4. The number of fused-ring (bicyclic) bond motifs is 1. The number of halogens is 1. The Morgan fingerprint density at radius 1 is 1.19 bits per heavy atom. The number of phenolic OH excluding ortho intramolecular Hbond substituents is 1. The van der Waals surface area contributed by atoms with Crippen molar-refractivity contribution >= 4 is 16.9 Å². The average molecular weight is 367 g/mol. The van der Waals surface area contributed by atoms with E-state index in [0.717, 1.165) is 27.8 Å². The van der Waals surface area contributed by atoms with Crippen LogP contribution in [0.1, 0.15) is 43.9 Å². The largest absolute Gasteiger partial charge is 0.508 e. The van der Waals surface area contributed by atoms with Crippen molar-refractivity contribution in [3.05, 3.63) is 59.5 Å². The molecule has 27 heavy (non-hydrogen) atoms. The number of carbonyl (C=O) groups is 1. The molecule has 1 heterocycles. The first-order valence-corrected chi connectivity index (χ1v) is 9.18. The molecular weight excluding hydrogens is 345 g/mol. The molecule has 0 bridgehead atoms. The van der Waals surface area contributed by atoms with E-state index in [1.54, 1.807) is 24.3 Å². The van der Waals surface area contributed by atoms with Crippen LogP contribution in [-0.4, -0.2) is 20.7 Å². The Morgan fingerprint density at radius 3 is 2.41 bits per heavy atom. The molecule has 4 rings (SSSR count). The zero-order chi connectivity index (χ0) is 19.3. The van der Waals surface area contributed by atoms with Crippen molar-refractivity contribution in [2.45, 2.75) is 39.0 Å². The fourth-order valence-corrected chi connectivity index (χ4v) is 3.98. The Balaban J connectivity index is 2.01. The molecule has 0 unspecified atom stereocenters. The molecule has 0 radical (unpaired) electrons. The van der Waals surface area contributed by atoms with Crippen molar-refractivity contribution in [2.24, 2.45) is 5.41 Å². The monoisotopic (exact) mass is 367 g/mol. The van der Waals surface area contributed by atoms with E-state index in [4.69, 9.17) is 0 Å².